The molecule has 4 aromatic carbocycles. The van der Waals surface area contributed by atoms with Crippen molar-refractivity contribution in [3.8, 4) is 0 Å². The average molecular weight is 409 g/mol. The first-order valence-corrected chi connectivity index (χ1v) is 11.7. The molecule has 0 amide bonds. The second kappa shape index (κ2) is 8.98. The first-order chi connectivity index (χ1) is 14.6. The van der Waals surface area contributed by atoms with Crippen LogP contribution in [-0.2, 0) is 4.57 Å². The van der Waals surface area contributed by atoms with Crippen molar-refractivity contribution in [2.75, 3.05) is 5.09 Å². The maximum atomic E-state index is 14.5. The van der Waals surface area contributed by atoms with Crippen LogP contribution >= 0.6 is 7.29 Å². The third kappa shape index (κ3) is 4.45. The molecular weight excluding hydrogens is 385 g/mol. The van der Waals surface area contributed by atoms with Crippen molar-refractivity contribution < 1.29 is 4.57 Å². The Bertz CT molecular complexity index is 1200. The zero-order valence-corrected chi connectivity index (χ0v) is 17.8. The number of hydrogen-bond acceptors (Lipinski definition) is 1. The number of hydrogen-bond donors (Lipinski definition) is 1. The van der Waals surface area contributed by atoms with E-state index in [2.05, 4.69) is 36.3 Å². The number of anilines is 1. The van der Waals surface area contributed by atoms with Gasteiger partial charge in [-0.25, -0.2) is 0 Å². The summed E-state index contributed by atoms with van der Waals surface area (Å²) in [7, 11) is -3.12. The van der Waals surface area contributed by atoms with Gasteiger partial charge in [0.1, 0.15) is 0 Å². The lowest BCUT2D eigenvalue weighted by Crippen LogP contribution is -2.23. The van der Waals surface area contributed by atoms with Crippen LogP contribution in [0.15, 0.2) is 109 Å². The Kier molecular flexibility index (Phi) is 5.97. The Hall–Kier alpha value is -3.35. The molecule has 0 saturated heterocycles. The minimum atomic E-state index is -3.12. The van der Waals surface area contributed by atoms with E-state index in [-0.39, 0.29) is 0 Å². The van der Waals surface area contributed by atoms with Gasteiger partial charge in [-0.2, -0.15) is 0 Å². The van der Waals surface area contributed by atoms with Gasteiger partial charge in [0.05, 0.1) is 0 Å². The van der Waals surface area contributed by atoms with Crippen LogP contribution < -0.4 is 15.7 Å². The Balaban J connectivity index is 1.81. The zero-order valence-electron chi connectivity index (χ0n) is 16.9. The molecule has 0 aliphatic rings. The van der Waals surface area contributed by atoms with Crippen LogP contribution in [0.25, 0.3) is 12.2 Å². The molecule has 4 aromatic rings. The van der Waals surface area contributed by atoms with Gasteiger partial charge in [-0.05, 0) is 48.4 Å². The summed E-state index contributed by atoms with van der Waals surface area (Å²) in [4.78, 5) is 0. The lowest BCUT2D eigenvalue weighted by molar-refractivity contribution is 0.590. The summed E-state index contributed by atoms with van der Waals surface area (Å²) in [6.07, 6.45) is 4.12. The zero-order chi connectivity index (χ0) is 20.8. The molecule has 3 heteroatoms. The molecule has 0 saturated carbocycles. The maximum absolute atomic E-state index is 14.5. The van der Waals surface area contributed by atoms with Gasteiger partial charge in [-0.15, -0.1) is 0 Å². The van der Waals surface area contributed by atoms with E-state index < -0.39 is 7.29 Å². The van der Waals surface area contributed by atoms with Crippen LogP contribution in [-0.4, -0.2) is 0 Å². The fraction of sp³-hybridized carbons (Fsp3) is 0.0370. The predicted molar refractivity (Wildman–Crippen MR) is 130 cm³/mol. The van der Waals surface area contributed by atoms with Crippen LogP contribution in [0.2, 0.25) is 0 Å². The van der Waals surface area contributed by atoms with Crippen LogP contribution in [0.4, 0.5) is 5.69 Å². The van der Waals surface area contributed by atoms with Crippen molar-refractivity contribution in [2.24, 2.45) is 0 Å². The summed E-state index contributed by atoms with van der Waals surface area (Å²) in [5, 5.41) is 4.94. The molecule has 0 bridgehead atoms. The van der Waals surface area contributed by atoms with Crippen molar-refractivity contribution in [1.29, 1.82) is 0 Å². The summed E-state index contributed by atoms with van der Waals surface area (Å²) < 4.78 is 14.5. The summed E-state index contributed by atoms with van der Waals surface area (Å²) >= 11 is 0. The lowest BCUT2D eigenvalue weighted by Gasteiger charge is -2.23. The first-order valence-electron chi connectivity index (χ1n) is 9.98. The summed E-state index contributed by atoms with van der Waals surface area (Å²) in [5.74, 6) is 0. The summed E-state index contributed by atoms with van der Waals surface area (Å²) in [6, 6.07) is 35.6. The van der Waals surface area contributed by atoms with Crippen LogP contribution in [0, 0.1) is 6.92 Å². The smallest absolute Gasteiger partial charge is 0.227 e. The van der Waals surface area contributed by atoms with Gasteiger partial charge in [0.2, 0.25) is 7.29 Å². The highest BCUT2D eigenvalue weighted by atomic mass is 31.2. The summed E-state index contributed by atoms with van der Waals surface area (Å²) in [6.45, 7) is 2.08. The normalized spacial score (nSPS) is 13.1. The molecule has 0 fully saturated rings. The number of para-hydroxylation sites is 1. The molecule has 148 valence electrons. The molecule has 0 aliphatic heterocycles. The molecule has 1 atom stereocenters. The molecule has 4 rings (SSSR count). The lowest BCUT2D eigenvalue weighted by atomic mass is 10.1. The quantitative estimate of drug-likeness (QED) is 0.291. The van der Waals surface area contributed by atoms with E-state index in [1.54, 1.807) is 0 Å². The van der Waals surface area contributed by atoms with Crippen molar-refractivity contribution in [2.45, 2.75) is 6.92 Å². The van der Waals surface area contributed by atoms with E-state index in [1.165, 1.54) is 5.56 Å². The third-order valence-corrected chi connectivity index (χ3v) is 7.64. The van der Waals surface area contributed by atoms with E-state index in [0.717, 1.165) is 27.4 Å². The average Bonchev–Trinajstić information content (AvgIpc) is 2.79. The molecule has 0 aromatic heterocycles. The standard InChI is InChI=1S/C27H24NOP/c1-22-11-10-12-23(21-22)19-20-24-13-8-9-18-27(24)30(29,26-16-6-3-7-17-26)28-25-14-4-2-5-15-25/h2-21H,1H3,(H,28,29)/b20-19+. The molecule has 0 heterocycles. The molecule has 30 heavy (non-hydrogen) atoms. The Morgan fingerprint density at radius 3 is 2.10 bits per heavy atom. The topological polar surface area (TPSA) is 29.1 Å². The van der Waals surface area contributed by atoms with Crippen LogP contribution in [0.3, 0.4) is 0 Å². The van der Waals surface area contributed by atoms with Gasteiger partial charge >= 0.3 is 0 Å². The van der Waals surface area contributed by atoms with Crippen LogP contribution in [0.5, 0.6) is 0 Å². The largest absolute Gasteiger partial charge is 0.329 e. The van der Waals surface area contributed by atoms with E-state index in [4.69, 9.17) is 0 Å². The predicted octanol–water partition coefficient (Wildman–Crippen LogP) is 6.51. The number of nitrogens with one attached hydrogen (secondary N) is 1. The SMILES string of the molecule is Cc1cccc(/C=C/c2ccccc2P(=O)(Nc2ccccc2)c2ccccc2)c1. The van der Waals surface area contributed by atoms with Gasteiger partial charge < -0.3 is 5.09 Å². The number of benzene rings is 4. The fourth-order valence-corrected chi connectivity index (χ4v) is 5.91. The van der Waals surface area contributed by atoms with E-state index in [0.29, 0.717) is 0 Å². The molecule has 0 aliphatic carbocycles. The van der Waals surface area contributed by atoms with Crippen molar-refractivity contribution >= 4 is 35.7 Å². The Labute approximate surface area is 178 Å². The second-order valence-corrected chi connectivity index (χ2v) is 9.67. The molecular formula is C27H24NOP. The number of aryl methyl sites for hydroxylation is 1. The van der Waals surface area contributed by atoms with E-state index >= 15 is 0 Å². The molecule has 0 spiro atoms. The van der Waals surface area contributed by atoms with Crippen molar-refractivity contribution in [3.63, 3.8) is 0 Å². The van der Waals surface area contributed by atoms with Gasteiger partial charge in [0.15, 0.2) is 0 Å². The highest BCUT2D eigenvalue weighted by molar-refractivity contribution is 7.80. The van der Waals surface area contributed by atoms with Gasteiger partial charge in [0.25, 0.3) is 0 Å². The van der Waals surface area contributed by atoms with Crippen molar-refractivity contribution in [3.05, 3.63) is 126 Å². The third-order valence-electron chi connectivity index (χ3n) is 4.95. The second-order valence-electron chi connectivity index (χ2n) is 7.23. The highest BCUT2D eigenvalue weighted by Gasteiger charge is 2.29. The highest BCUT2D eigenvalue weighted by Crippen LogP contribution is 2.44. The van der Waals surface area contributed by atoms with Gasteiger partial charge in [0, 0.05) is 16.3 Å². The fourth-order valence-electron chi connectivity index (χ4n) is 3.47. The molecule has 0 radical (unpaired) electrons. The van der Waals surface area contributed by atoms with E-state index in [1.807, 2.05) is 97.1 Å². The number of rotatable bonds is 6. The molecule has 2 nitrogen and oxygen atoms in total. The Morgan fingerprint density at radius 1 is 0.700 bits per heavy atom. The van der Waals surface area contributed by atoms with Crippen molar-refractivity contribution in [1.82, 2.24) is 0 Å². The minimum absolute atomic E-state index is 0.783. The Morgan fingerprint density at radius 2 is 1.37 bits per heavy atom. The first kappa shape index (κ1) is 19.9. The van der Waals surface area contributed by atoms with E-state index in [9.17, 15) is 4.57 Å². The molecule has 1 unspecified atom stereocenters. The van der Waals surface area contributed by atoms with Gasteiger partial charge in [-0.1, -0.05) is 96.6 Å². The monoisotopic (exact) mass is 409 g/mol. The summed E-state index contributed by atoms with van der Waals surface area (Å²) in [5.41, 5.74) is 4.11. The minimum Gasteiger partial charge on any atom is -0.329 e. The maximum Gasteiger partial charge on any atom is 0.227 e. The van der Waals surface area contributed by atoms with Gasteiger partial charge in [-0.3, -0.25) is 4.57 Å². The molecule has 1 N–H and O–H groups in total. The van der Waals surface area contributed by atoms with Crippen LogP contribution in [0.1, 0.15) is 16.7 Å².